The average molecular weight is 383 g/mol. The van der Waals surface area contributed by atoms with Crippen LogP contribution in [0.4, 0.5) is 35.0 Å². The first-order valence-corrected chi connectivity index (χ1v) is 8.85. The van der Waals surface area contributed by atoms with Crippen LogP contribution in [-0.4, -0.2) is 41.0 Å². The van der Waals surface area contributed by atoms with E-state index in [1.807, 2.05) is 0 Å². The van der Waals surface area contributed by atoms with E-state index in [9.17, 15) is 17.6 Å². The molecule has 2 aromatic rings. The molecule has 5 nitrogen and oxygen atoms in total. The molecule has 0 aliphatic carbocycles. The number of rotatable bonds is 7. The van der Waals surface area contributed by atoms with Gasteiger partial charge in [0.15, 0.2) is 0 Å². The zero-order valence-electron chi connectivity index (χ0n) is 14.7. The molecule has 0 radical (unpaired) electrons. The Labute approximate surface area is 154 Å². The highest BCUT2D eigenvalue weighted by molar-refractivity contribution is 5.56. The quantitative estimate of drug-likeness (QED) is 0.552. The lowest BCUT2D eigenvalue weighted by Crippen LogP contribution is -2.23. The third-order valence-electron chi connectivity index (χ3n) is 4.32. The van der Waals surface area contributed by atoms with E-state index >= 15 is 0 Å². The number of benzene rings is 1. The van der Waals surface area contributed by atoms with E-state index in [1.54, 1.807) is 6.07 Å². The van der Waals surface area contributed by atoms with Gasteiger partial charge in [0.2, 0.25) is 5.95 Å². The number of alkyl halides is 3. The maximum Gasteiger partial charge on any atom is 0.421 e. The highest BCUT2D eigenvalue weighted by Gasteiger charge is 2.35. The van der Waals surface area contributed by atoms with Gasteiger partial charge < -0.3 is 15.5 Å². The van der Waals surface area contributed by atoms with Crippen molar-refractivity contribution in [3.63, 3.8) is 0 Å². The second-order valence-electron chi connectivity index (χ2n) is 6.42. The maximum atomic E-state index is 13.3. The Morgan fingerprint density at radius 3 is 2.63 bits per heavy atom. The van der Waals surface area contributed by atoms with Crippen LogP contribution in [0.2, 0.25) is 0 Å². The minimum absolute atomic E-state index is 0.0318. The molecule has 1 aliphatic heterocycles. The van der Waals surface area contributed by atoms with Crippen molar-refractivity contribution in [2.75, 3.05) is 36.8 Å². The van der Waals surface area contributed by atoms with Crippen LogP contribution in [0.5, 0.6) is 0 Å². The molecule has 0 unspecified atom stereocenters. The molecule has 9 heteroatoms. The highest BCUT2D eigenvalue weighted by atomic mass is 19.4. The number of likely N-dealkylation sites (tertiary alicyclic amines) is 1. The number of anilines is 3. The first-order chi connectivity index (χ1) is 12.9. The Kier molecular flexibility index (Phi) is 6.10. The molecule has 0 atom stereocenters. The summed E-state index contributed by atoms with van der Waals surface area (Å²) in [7, 11) is 0. The lowest BCUT2D eigenvalue weighted by molar-refractivity contribution is -0.137. The summed E-state index contributed by atoms with van der Waals surface area (Å²) in [6.07, 6.45) is -0.764. The van der Waals surface area contributed by atoms with Crippen molar-refractivity contribution in [2.45, 2.75) is 25.4 Å². The molecule has 2 heterocycles. The summed E-state index contributed by atoms with van der Waals surface area (Å²) in [6.45, 7) is 3.30. The molecule has 27 heavy (non-hydrogen) atoms. The molecule has 3 rings (SSSR count). The van der Waals surface area contributed by atoms with Gasteiger partial charge in [-0.3, -0.25) is 0 Å². The number of nitrogens with zero attached hydrogens (tertiary/aromatic N) is 3. The molecule has 0 bridgehead atoms. The van der Waals surface area contributed by atoms with Gasteiger partial charge in [0, 0.05) is 18.4 Å². The Morgan fingerprint density at radius 1 is 1.15 bits per heavy atom. The van der Waals surface area contributed by atoms with E-state index < -0.39 is 17.6 Å². The Balaban J connectivity index is 1.68. The van der Waals surface area contributed by atoms with Crippen molar-refractivity contribution in [1.29, 1.82) is 0 Å². The standard InChI is InChI=1S/C18H21F4N5/c19-13-5-3-6-14(11-13)25-17-24-12-15(18(20,21)22)16(26-17)23-7-4-10-27-8-1-2-9-27/h3,5-6,11-12H,1-2,4,7-10H2,(H2,23,24,25,26). The van der Waals surface area contributed by atoms with E-state index in [0.29, 0.717) is 18.7 Å². The largest absolute Gasteiger partial charge is 0.421 e. The summed E-state index contributed by atoms with van der Waals surface area (Å²) in [4.78, 5) is 9.95. The van der Waals surface area contributed by atoms with Crippen molar-refractivity contribution in [2.24, 2.45) is 0 Å². The second kappa shape index (κ2) is 8.51. The predicted molar refractivity (Wildman–Crippen MR) is 95.5 cm³/mol. The molecule has 2 N–H and O–H groups in total. The average Bonchev–Trinajstić information content (AvgIpc) is 3.11. The first kappa shape index (κ1) is 19.3. The summed E-state index contributed by atoms with van der Waals surface area (Å²) >= 11 is 0. The van der Waals surface area contributed by atoms with Gasteiger partial charge >= 0.3 is 6.18 Å². The Morgan fingerprint density at radius 2 is 1.93 bits per heavy atom. The lowest BCUT2D eigenvalue weighted by atomic mass is 10.3. The van der Waals surface area contributed by atoms with Gasteiger partial charge in [-0.2, -0.15) is 18.2 Å². The zero-order chi connectivity index (χ0) is 19.3. The molecule has 1 saturated heterocycles. The van der Waals surface area contributed by atoms with Gasteiger partial charge in [-0.05, 0) is 57.1 Å². The van der Waals surface area contributed by atoms with Crippen LogP contribution in [0, 0.1) is 5.82 Å². The van der Waals surface area contributed by atoms with E-state index in [2.05, 4.69) is 25.5 Å². The molecule has 146 valence electrons. The van der Waals surface area contributed by atoms with Gasteiger partial charge in [-0.25, -0.2) is 9.37 Å². The fourth-order valence-corrected chi connectivity index (χ4v) is 3.00. The molecule has 1 aliphatic rings. The van der Waals surface area contributed by atoms with Crippen LogP contribution in [0.1, 0.15) is 24.8 Å². The van der Waals surface area contributed by atoms with E-state index in [0.717, 1.165) is 25.8 Å². The summed E-state index contributed by atoms with van der Waals surface area (Å²) < 4.78 is 52.9. The van der Waals surface area contributed by atoms with Crippen LogP contribution in [0.25, 0.3) is 0 Å². The summed E-state index contributed by atoms with van der Waals surface area (Å²) in [5, 5.41) is 5.49. The molecule has 0 spiro atoms. The van der Waals surface area contributed by atoms with Crippen molar-refractivity contribution < 1.29 is 17.6 Å². The van der Waals surface area contributed by atoms with Gasteiger partial charge in [0.1, 0.15) is 17.2 Å². The molecule has 0 saturated carbocycles. The lowest BCUT2D eigenvalue weighted by Gasteiger charge is -2.17. The van der Waals surface area contributed by atoms with Gasteiger partial charge in [0.25, 0.3) is 0 Å². The number of nitrogens with one attached hydrogen (secondary N) is 2. The summed E-state index contributed by atoms with van der Waals surface area (Å²) in [6, 6.07) is 5.54. The second-order valence-corrected chi connectivity index (χ2v) is 6.42. The highest BCUT2D eigenvalue weighted by Crippen LogP contribution is 2.34. The van der Waals surface area contributed by atoms with Crippen molar-refractivity contribution in [1.82, 2.24) is 14.9 Å². The fourth-order valence-electron chi connectivity index (χ4n) is 3.00. The third kappa shape index (κ3) is 5.53. The van der Waals surface area contributed by atoms with E-state index in [4.69, 9.17) is 0 Å². The first-order valence-electron chi connectivity index (χ1n) is 8.85. The number of hydrogen-bond acceptors (Lipinski definition) is 5. The Bertz CT molecular complexity index is 760. The van der Waals surface area contributed by atoms with Crippen molar-refractivity contribution >= 4 is 17.5 Å². The summed E-state index contributed by atoms with van der Waals surface area (Å²) in [5.41, 5.74) is -0.566. The molecule has 1 aromatic carbocycles. The number of halogens is 4. The smallest absolute Gasteiger partial charge is 0.369 e. The third-order valence-corrected chi connectivity index (χ3v) is 4.32. The van der Waals surface area contributed by atoms with E-state index in [1.165, 1.54) is 31.0 Å². The van der Waals surface area contributed by atoms with Gasteiger partial charge in [-0.1, -0.05) is 6.07 Å². The van der Waals surface area contributed by atoms with Crippen LogP contribution in [0.3, 0.4) is 0 Å². The van der Waals surface area contributed by atoms with Crippen LogP contribution < -0.4 is 10.6 Å². The van der Waals surface area contributed by atoms with Gasteiger partial charge in [-0.15, -0.1) is 0 Å². The van der Waals surface area contributed by atoms with Crippen LogP contribution in [0.15, 0.2) is 30.5 Å². The number of aromatic nitrogens is 2. The van der Waals surface area contributed by atoms with Crippen LogP contribution in [-0.2, 0) is 6.18 Å². The SMILES string of the molecule is Fc1cccc(Nc2ncc(C(F)(F)F)c(NCCCN3CCCC3)n2)c1. The van der Waals surface area contributed by atoms with Crippen molar-refractivity contribution in [3.8, 4) is 0 Å². The number of hydrogen-bond donors (Lipinski definition) is 2. The predicted octanol–water partition coefficient (Wildman–Crippen LogP) is 4.28. The van der Waals surface area contributed by atoms with Crippen LogP contribution >= 0.6 is 0 Å². The normalized spacial score (nSPS) is 15.1. The van der Waals surface area contributed by atoms with Crippen molar-refractivity contribution in [3.05, 3.63) is 41.8 Å². The fraction of sp³-hybridized carbons (Fsp3) is 0.444. The maximum absolute atomic E-state index is 13.3. The molecule has 1 aromatic heterocycles. The molecular formula is C18H21F4N5. The minimum atomic E-state index is -4.56. The van der Waals surface area contributed by atoms with Gasteiger partial charge in [0.05, 0.1) is 0 Å². The monoisotopic (exact) mass is 383 g/mol. The minimum Gasteiger partial charge on any atom is -0.369 e. The summed E-state index contributed by atoms with van der Waals surface area (Å²) in [5.74, 6) is -0.777. The topological polar surface area (TPSA) is 53.1 Å². The Hall–Kier alpha value is -2.42. The molecule has 0 amide bonds. The zero-order valence-corrected chi connectivity index (χ0v) is 14.7. The van der Waals surface area contributed by atoms with E-state index in [-0.39, 0.29) is 11.8 Å². The molecule has 1 fully saturated rings. The molecular weight excluding hydrogens is 362 g/mol.